The first-order chi connectivity index (χ1) is 13.1. The number of guanidine groups is 1. The first-order valence-corrected chi connectivity index (χ1v) is 9.11. The van der Waals surface area contributed by atoms with Gasteiger partial charge in [-0.2, -0.15) is 4.99 Å². The number of halogens is 1. The molecule has 0 unspecified atom stereocenters. The summed E-state index contributed by atoms with van der Waals surface area (Å²) in [6.07, 6.45) is 0. The predicted octanol–water partition coefficient (Wildman–Crippen LogP) is 2.26. The van der Waals surface area contributed by atoms with Gasteiger partial charge in [0, 0.05) is 47.8 Å². The highest BCUT2D eigenvalue weighted by molar-refractivity contribution is 6.31. The molecule has 5 N–H and O–H groups in total. The quantitative estimate of drug-likeness (QED) is 0.474. The summed E-state index contributed by atoms with van der Waals surface area (Å²) in [5.74, 6) is 0.149. The molecule has 1 fully saturated rings. The van der Waals surface area contributed by atoms with E-state index in [-0.39, 0.29) is 11.9 Å². The Morgan fingerprint density at radius 3 is 2.67 bits per heavy atom. The van der Waals surface area contributed by atoms with Crippen LogP contribution in [-0.2, 0) is 0 Å². The van der Waals surface area contributed by atoms with Crippen molar-refractivity contribution >= 4 is 40.1 Å². The Kier molecular flexibility index (Phi) is 4.79. The molecule has 27 heavy (non-hydrogen) atoms. The van der Waals surface area contributed by atoms with Gasteiger partial charge in [-0.25, -0.2) is 9.97 Å². The molecule has 1 aromatic heterocycles. The number of hydrogen-bond donors (Lipinski definition) is 3. The first-order valence-electron chi connectivity index (χ1n) is 8.73. The zero-order valence-electron chi connectivity index (χ0n) is 14.7. The number of aliphatic imine (C=N–C) groups is 1. The average Bonchev–Trinajstić information content (AvgIpc) is 2.68. The fourth-order valence-electron chi connectivity index (χ4n) is 3.25. The summed E-state index contributed by atoms with van der Waals surface area (Å²) in [4.78, 5) is 15.4. The van der Waals surface area contributed by atoms with Crippen LogP contribution in [-0.4, -0.2) is 42.1 Å². The van der Waals surface area contributed by atoms with Gasteiger partial charge < -0.3 is 21.7 Å². The Hall–Kier alpha value is -2.90. The van der Waals surface area contributed by atoms with E-state index < -0.39 is 0 Å². The number of hydrogen-bond acceptors (Lipinski definition) is 5. The zero-order chi connectivity index (χ0) is 18.8. The molecule has 0 saturated carbocycles. The highest BCUT2D eigenvalue weighted by Crippen LogP contribution is 2.32. The molecule has 0 aliphatic carbocycles. The van der Waals surface area contributed by atoms with E-state index in [2.05, 4.69) is 37.3 Å². The lowest BCUT2D eigenvalue weighted by Crippen LogP contribution is -2.43. The second kappa shape index (κ2) is 7.38. The SMILES string of the molecule is NC(N)=Nc1nc(-c2cccc(N3CCNCC3)c2)c2cc(Cl)ccc2n1. The largest absolute Gasteiger partial charge is 0.370 e. The van der Waals surface area contributed by atoms with Gasteiger partial charge in [-0.15, -0.1) is 0 Å². The summed E-state index contributed by atoms with van der Waals surface area (Å²) < 4.78 is 0. The van der Waals surface area contributed by atoms with Gasteiger partial charge in [0.2, 0.25) is 0 Å². The molecule has 2 aromatic carbocycles. The summed E-state index contributed by atoms with van der Waals surface area (Å²) in [6, 6.07) is 13.8. The van der Waals surface area contributed by atoms with Gasteiger partial charge in [-0.1, -0.05) is 23.7 Å². The summed E-state index contributed by atoms with van der Waals surface area (Å²) in [5.41, 5.74) is 14.6. The predicted molar refractivity (Wildman–Crippen MR) is 111 cm³/mol. The standard InChI is InChI=1S/C19H20ClN7/c20-13-4-5-16-15(11-13)17(25-19(24-16)26-18(21)22)12-2-1-3-14(10-12)27-8-6-23-7-9-27/h1-5,10-11,23H,6-9H2,(H4,21,22,24,25,26). The molecule has 0 radical (unpaired) electrons. The van der Waals surface area contributed by atoms with Crippen molar-refractivity contribution in [2.45, 2.75) is 0 Å². The molecule has 0 amide bonds. The second-order valence-electron chi connectivity index (χ2n) is 6.36. The summed E-state index contributed by atoms with van der Waals surface area (Å²) in [7, 11) is 0. The van der Waals surface area contributed by atoms with Crippen molar-refractivity contribution in [1.82, 2.24) is 15.3 Å². The van der Waals surface area contributed by atoms with Crippen LogP contribution in [0.3, 0.4) is 0 Å². The Labute approximate surface area is 162 Å². The van der Waals surface area contributed by atoms with E-state index in [4.69, 9.17) is 23.1 Å². The smallest absolute Gasteiger partial charge is 0.253 e. The lowest BCUT2D eigenvalue weighted by Gasteiger charge is -2.29. The molecular weight excluding hydrogens is 362 g/mol. The summed E-state index contributed by atoms with van der Waals surface area (Å²) in [6.45, 7) is 3.90. The van der Waals surface area contributed by atoms with E-state index >= 15 is 0 Å². The fourth-order valence-corrected chi connectivity index (χ4v) is 3.42. The second-order valence-corrected chi connectivity index (χ2v) is 6.79. The number of anilines is 1. The molecule has 1 aliphatic rings. The van der Waals surface area contributed by atoms with Crippen molar-refractivity contribution < 1.29 is 0 Å². The fraction of sp³-hybridized carbons (Fsp3) is 0.211. The number of rotatable bonds is 3. The highest BCUT2D eigenvalue weighted by Gasteiger charge is 2.14. The Morgan fingerprint density at radius 2 is 1.89 bits per heavy atom. The van der Waals surface area contributed by atoms with E-state index in [0.717, 1.165) is 54.0 Å². The van der Waals surface area contributed by atoms with Crippen LogP contribution in [0, 0.1) is 0 Å². The van der Waals surface area contributed by atoms with Crippen molar-refractivity contribution in [2.24, 2.45) is 16.5 Å². The molecule has 1 saturated heterocycles. The monoisotopic (exact) mass is 381 g/mol. The maximum atomic E-state index is 6.22. The Balaban J connectivity index is 1.86. The lowest BCUT2D eigenvalue weighted by atomic mass is 10.1. The van der Waals surface area contributed by atoms with Gasteiger partial charge in [0.1, 0.15) is 0 Å². The van der Waals surface area contributed by atoms with Gasteiger partial charge in [0.05, 0.1) is 11.2 Å². The van der Waals surface area contributed by atoms with Crippen LogP contribution >= 0.6 is 11.6 Å². The van der Waals surface area contributed by atoms with Crippen molar-refractivity contribution in [1.29, 1.82) is 0 Å². The molecular formula is C19H20ClN7. The van der Waals surface area contributed by atoms with E-state index in [9.17, 15) is 0 Å². The van der Waals surface area contributed by atoms with Crippen LogP contribution in [0.25, 0.3) is 22.2 Å². The van der Waals surface area contributed by atoms with Crippen LogP contribution in [0.2, 0.25) is 5.02 Å². The minimum Gasteiger partial charge on any atom is -0.370 e. The number of benzene rings is 2. The molecule has 0 spiro atoms. The minimum atomic E-state index is -0.0798. The van der Waals surface area contributed by atoms with E-state index in [1.165, 1.54) is 0 Å². The number of fused-ring (bicyclic) bond motifs is 1. The highest BCUT2D eigenvalue weighted by atomic mass is 35.5. The van der Waals surface area contributed by atoms with Crippen molar-refractivity contribution in [3.05, 3.63) is 47.5 Å². The molecule has 4 rings (SSSR count). The maximum absolute atomic E-state index is 6.22. The van der Waals surface area contributed by atoms with E-state index in [1.54, 1.807) is 6.07 Å². The minimum absolute atomic E-state index is 0.0798. The van der Waals surface area contributed by atoms with Crippen LogP contribution in [0.5, 0.6) is 0 Å². The Morgan fingerprint density at radius 1 is 1.07 bits per heavy atom. The van der Waals surface area contributed by atoms with E-state index in [1.807, 2.05) is 24.3 Å². The normalized spacial score (nSPS) is 14.3. The van der Waals surface area contributed by atoms with Crippen LogP contribution in [0.4, 0.5) is 11.6 Å². The third-order valence-electron chi connectivity index (χ3n) is 4.48. The average molecular weight is 382 g/mol. The van der Waals surface area contributed by atoms with Gasteiger partial charge in [0.15, 0.2) is 5.96 Å². The van der Waals surface area contributed by atoms with Crippen LogP contribution < -0.4 is 21.7 Å². The molecule has 7 nitrogen and oxygen atoms in total. The third kappa shape index (κ3) is 3.79. The van der Waals surface area contributed by atoms with Gasteiger partial charge in [0.25, 0.3) is 5.95 Å². The molecule has 2 heterocycles. The summed E-state index contributed by atoms with van der Waals surface area (Å²) in [5, 5.41) is 4.85. The van der Waals surface area contributed by atoms with Crippen LogP contribution in [0.1, 0.15) is 0 Å². The first kappa shape index (κ1) is 17.5. The number of piperazine rings is 1. The molecule has 3 aromatic rings. The molecule has 0 bridgehead atoms. The van der Waals surface area contributed by atoms with Gasteiger partial charge >= 0.3 is 0 Å². The topological polar surface area (TPSA) is 105 Å². The van der Waals surface area contributed by atoms with E-state index in [0.29, 0.717) is 5.02 Å². The number of nitrogens with two attached hydrogens (primary N) is 2. The molecule has 1 aliphatic heterocycles. The number of nitrogens with zero attached hydrogens (tertiary/aromatic N) is 4. The van der Waals surface area contributed by atoms with Gasteiger partial charge in [-0.05, 0) is 30.3 Å². The van der Waals surface area contributed by atoms with Crippen molar-refractivity contribution in [3.8, 4) is 11.3 Å². The molecule has 8 heteroatoms. The number of aromatic nitrogens is 2. The third-order valence-corrected chi connectivity index (χ3v) is 4.71. The number of nitrogens with one attached hydrogen (secondary N) is 1. The zero-order valence-corrected chi connectivity index (χ0v) is 15.4. The lowest BCUT2D eigenvalue weighted by molar-refractivity contribution is 0.589. The maximum Gasteiger partial charge on any atom is 0.253 e. The molecule has 0 atom stereocenters. The van der Waals surface area contributed by atoms with Gasteiger partial charge in [-0.3, -0.25) is 0 Å². The Bertz CT molecular complexity index is 1010. The molecule has 138 valence electrons. The van der Waals surface area contributed by atoms with Crippen LogP contribution in [0.15, 0.2) is 47.5 Å². The van der Waals surface area contributed by atoms with Crippen molar-refractivity contribution in [3.63, 3.8) is 0 Å². The summed E-state index contributed by atoms with van der Waals surface area (Å²) >= 11 is 6.22. The van der Waals surface area contributed by atoms with Crippen molar-refractivity contribution in [2.75, 3.05) is 31.1 Å².